The van der Waals surface area contributed by atoms with Crippen LogP contribution in [-0.2, 0) is 11.0 Å². The van der Waals surface area contributed by atoms with E-state index < -0.39 is 17.8 Å². The first-order valence-electron chi connectivity index (χ1n) is 9.28. The van der Waals surface area contributed by atoms with Crippen molar-refractivity contribution in [3.63, 3.8) is 0 Å². The second-order valence-electron chi connectivity index (χ2n) is 6.82. The number of hydrogen-bond acceptors (Lipinski definition) is 6. The second kappa shape index (κ2) is 8.09. The van der Waals surface area contributed by atoms with Crippen molar-refractivity contribution in [3.8, 4) is 0 Å². The van der Waals surface area contributed by atoms with Gasteiger partial charge in [0, 0.05) is 32.4 Å². The van der Waals surface area contributed by atoms with Gasteiger partial charge in [0.1, 0.15) is 12.1 Å². The summed E-state index contributed by atoms with van der Waals surface area (Å²) in [5.41, 5.74) is -0.0196. The van der Waals surface area contributed by atoms with Gasteiger partial charge >= 0.3 is 6.18 Å². The van der Waals surface area contributed by atoms with E-state index in [-0.39, 0.29) is 5.91 Å². The zero-order valence-corrected chi connectivity index (χ0v) is 15.8. The molecule has 0 aliphatic carbocycles. The van der Waals surface area contributed by atoms with E-state index >= 15 is 0 Å². The number of alkyl halides is 3. The Morgan fingerprint density at radius 3 is 2.30 bits per heavy atom. The molecule has 0 spiro atoms. The Bertz CT molecular complexity index is 970. The molecular weight excluding hydrogens is 399 g/mol. The van der Waals surface area contributed by atoms with Gasteiger partial charge in [-0.2, -0.15) is 13.2 Å². The van der Waals surface area contributed by atoms with E-state index in [0.717, 1.165) is 17.8 Å². The number of carbonyl (C=O) groups is 1. The van der Waals surface area contributed by atoms with Crippen molar-refractivity contribution in [2.24, 2.45) is 0 Å². The first-order valence-corrected chi connectivity index (χ1v) is 9.28. The van der Waals surface area contributed by atoms with Gasteiger partial charge in [-0.05, 0) is 28.1 Å². The number of piperazine rings is 1. The minimum atomic E-state index is -4.42. The van der Waals surface area contributed by atoms with Crippen LogP contribution < -0.4 is 4.90 Å². The Morgan fingerprint density at radius 1 is 1.00 bits per heavy atom. The third-order valence-electron chi connectivity index (χ3n) is 4.97. The van der Waals surface area contributed by atoms with Crippen molar-refractivity contribution in [3.05, 3.63) is 66.1 Å². The summed E-state index contributed by atoms with van der Waals surface area (Å²) in [7, 11) is 0. The lowest BCUT2D eigenvalue weighted by Gasteiger charge is -2.37. The standard InChI is InChI=1S/C19H18F3N7O/c20-19(21,22)15-6-7-16(23-12-15)27-8-10-28(11-9-27)18(30)17(29-13-24-25-26-29)14-4-2-1-3-5-14/h1-7,12-13,17H,8-11H2. The second-order valence-corrected chi connectivity index (χ2v) is 6.82. The summed E-state index contributed by atoms with van der Waals surface area (Å²) >= 11 is 0. The lowest BCUT2D eigenvalue weighted by Crippen LogP contribution is -2.51. The lowest BCUT2D eigenvalue weighted by atomic mass is 10.1. The van der Waals surface area contributed by atoms with Gasteiger partial charge in [-0.15, -0.1) is 5.10 Å². The molecule has 3 heterocycles. The highest BCUT2D eigenvalue weighted by Crippen LogP contribution is 2.29. The van der Waals surface area contributed by atoms with Crippen LogP contribution in [0.2, 0.25) is 0 Å². The van der Waals surface area contributed by atoms with Crippen LogP contribution in [-0.4, -0.2) is 62.2 Å². The zero-order valence-electron chi connectivity index (χ0n) is 15.8. The van der Waals surface area contributed by atoms with Crippen LogP contribution in [0.5, 0.6) is 0 Å². The molecule has 11 heteroatoms. The number of pyridine rings is 1. The summed E-state index contributed by atoms with van der Waals surface area (Å²) in [6.45, 7) is 1.74. The van der Waals surface area contributed by atoms with E-state index in [1.807, 2.05) is 35.2 Å². The van der Waals surface area contributed by atoms with Crippen LogP contribution in [0.25, 0.3) is 0 Å². The Morgan fingerprint density at radius 2 is 1.73 bits per heavy atom. The minimum absolute atomic E-state index is 0.145. The van der Waals surface area contributed by atoms with Crippen LogP contribution >= 0.6 is 0 Å². The fraction of sp³-hybridized carbons (Fsp3) is 0.316. The minimum Gasteiger partial charge on any atom is -0.353 e. The number of amides is 1. The summed E-state index contributed by atoms with van der Waals surface area (Å²) in [4.78, 5) is 20.7. The Hall–Kier alpha value is -3.50. The van der Waals surface area contributed by atoms with Crippen molar-refractivity contribution >= 4 is 11.7 Å². The number of nitrogens with zero attached hydrogens (tertiary/aromatic N) is 7. The molecule has 156 valence electrons. The van der Waals surface area contributed by atoms with Crippen LogP contribution in [0.4, 0.5) is 19.0 Å². The fourth-order valence-electron chi connectivity index (χ4n) is 3.40. The summed E-state index contributed by atoms with van der Waals surface area (Å²) in [5.74, 6) is 0.309. The predicted octanol–water partition coefficient (Wildman–Crippen LogP) is 2.03. The Kier molecular flexibility index (Phi) is 5.34. The molecule has 0 saturated carbocycles. The van der Waals surface area contributed by atoms with Crippen LogP contribution in [0, 0.1) is 0 Å². The highest BCUT2D eigenvalue weighted by atomic mass is 19.4. The largest absolute Gasteiger partial charge is 0.417 e. The molecule has 0 N–H and O–H groups in total. The van der Waals surface area contributed by atoms with Crippen molar-refractivity contribution in [1.82, 2.24) is 30.1 Å². The molecule has 1 amide bonds. The molecule has 1 aliphatic heterocycles. The van der Waals surface area contributed by atoms with Crippen molar-refractivity contribution in [2.45, 2.75) is 12.2 Å². The van der Waals surface area contributed by atoms with E-state index in [1.54, 1.807) is 4.90 Å². The molecule has 2 aromatic heterocycles. The lowest BCUT2D eigenvalue weighted by molar-refractivity contribution is -0.138. The van der Waals surface area contributed by atoms with Gasteiger partial charge in [0.15, 0.2) is 6.04 Å². The van der Waals surface area contributed by atoms with Gasteiger partial charge < -0.3 is 9.80 Å². The Labute approximate surface area is 169 Å². The molecule has 3 aromatic rings. The molecule has 0 radical (unpaired) electrons. The van der Waals surface area contributed by atoms with E-state index in [4.69, 9.17) is 0 Å². The van der Waals surface area contributed by atoms with Gasteiger partial charge in [-0.3, -0.25) is 4.79 Å². The number of rotatable bonds is 4. The molecule has 0 bridgehead atoms. The summed E-state index contributed by atoms with van der Waals surface area (Å²) in [6.07, 6.45) is -2.19. The average Bonchev–Trinajstić information content (AvgIpc) is 3.28. The molecule has 1 aliphatic rings. The van der Waals surface area contributed by atoms with Crippen LogP contribution in [0.1, 0.15) is 17.2 Å². The summed E-state index contributed by atoms with van der Waals surface area (Å²) < 4.78 is 39.6. The number of aromatic nitrogens is 5. The number of benzene rings is 1. The average molecular weight is 417 g/mol. The maximum atomic E-state index is 13.2. The van der Waals surface area contributed by atoms with Crippen molar-refractivity contribution in [2.75, 3.05) is 31.1 Å². The first kappa shape index (κ1) is 19.8. The maximum Gasteiger partial charge on any atom is 0.417 e. The van der Waals surface area contributed by atoms with E-state index in [1.165, 1.54) is 17.1 Å². The van der Waals surface area contributed by atoms with Crippen molar-refractivity contribution in [1.29, 1.82) is 0 Å². The van der Waals surface area contributed by atoms with E-state index in [0.29, 0.717) is 32.0 Å². The molecule has 4 rings (SSSR count). The molecule has 30 heavy (non-hydrogen) atoms. The molecule has 8 nitrogen and oxygen atoms in total. The van der Waals surface area contributed by atoms with Gasteiger partial charge in [-0.1, -0.05) is 30.3 Å². The topological polar surface area (TPSA) is 80.0 Å². The molecule has 1 fully saturated rings. The third kappa shape index (κ3) is 4.09. The fourth-order valence-corrected chi connectivity index (χ4v) is 3.40. The predicted molar refractivity (Wildman–Crippen MR) is 100 cm³/mol. The van der Waals surface area contributed by atoms with E-state index in [2.05, 4.69) is 20.5 Å². The Balaban J connectivity index is 1.46. The monoisotopic (exact) mass is 417 g/mol. The number of carbonyl (C=O) groups excluding carboxylic acids is 1. The van der Waals surface area contributed by atoms with Crippen LogP contribution in [0.15, 0.2) is 55.0 Å². The first-order chi connectivity index (χ1) is 14.4. The molecule has 1 saturated heterocycles. The zero-order chi connectivity index (χ0) is 21.1. The molecule has 1 aromatic carbocycles. The number of hydrogen-bond donors (Lipinski definition) is 0. The highest BCUT2D eigenvalue weighted by molar-refractivity contribution is 5.83. The highest BCUT2D eigenvalue weighted by Gasteiger charge is 2.32. The quantitative estimate of drug-likeness (QED) is 0.646. The number of halogens is 3. The van der Waals surface area contributed by atoms with Crippen LogP contribution in [0.3, 0.4) is 0 Å². The summed E-state index contributed by atoms with van der Waals surface area (Å²) in [5, 5.41) is 11.2. The normalized spacial score (nSPS) is 15.8. The molecular formula is C19H18F3N7O. The van der Waals surface area contributed by atoms with Gasteiger partial charge in [0.2, 0.25) is 0 Å². The van der Waals surface area contributed by atoms with Gasteiger partial charge in [0.25, 0.3) is 5.91 Å². The third-order valence-corrected chi connectivity index (χ3v) is 4.97. The van der Waals surface area contributed by atoms with Crippen molar-refractivity contribution < 1.29 is 18.0 Å². The SMILES string of the molecule is O=C(C(c1ccccc1)n1cnnn1)N1CCN(c2ccc(C(F)(F)F)cn2)CC1. The smallest absolute Gasteiger partial charge is 0.353 e. The summed E-state index contributed by atoms with van der Waals surface area (Å²) in [6, 6.07) is 10.9. The number of tetrazole rings is 1. The molecule has 1 atom stereocenters. The maximum absolute atomic E-state index is 13.2. The molecule has 1 unspecified atom stereocenters. The van der Waals surface area contributed by atoms with Gasteiger partial charge in [0.05, 0.1) is 5.56 Å². The van der Waals surface area contributed by atoms with Gasteiger partial charge in [-0.25, -0.2) is 9.67 Å². The van der Waals surface area contributed by atoms with E-state index in [9.17, 15) is 18.0 Å². The number of anilines is 1.